The Morgan fingerprint density at radius 3 is 3.12 bits per heavy atom. The van der Waals surface area contributed by atoms with Crippen molar-refractivity contribution < 1.29 is 4.92 Å². The van der Waals surface area contributed by atoms with Crippen LogP contribution in [0, 0.1) is 10.1 Å². The molecule has 1 unspecified atom stereocenters. The summed E-state index contributed by atoms with van der Waals surface area (Å²) in [5, 5.41) is 13.9. The molecule has 1 aromatic heterocycles. The number of hydrogen-bond acceptors (Lipinski definition) is 6. The van der Waals surface area contributed by atoms with Crippen molar-refractivity contribution in [2.75, 3.05) is 16.8 Å². The summed E-state index contributed by atoms with van der Waals surface area (Å²) in [7, 11) is 0. The Hall–Kier alpha value is -1.08. The summed E-state index contributed by atoms with van der Waals surface area (Å²) in [5.74, 6) is 2.28. The molecule has 0 aromatic carbocycles. The molecule has 1 atom stereocenters. The lowest BCUT2D eigenvalue weighted by Crippen LogP contribution is -2.26. The van der Waals surface area contributed by atoms with Gasteiger partial charge in [-0.05, 0) is 30.2 Å². The summed E-state index contributed by atoms with van der Waals surface area (Å²) >= 11 is 7.48. The maximum atomic E-state index is 10.8. The summed E-state index contributed by atoms with van der Waals surface area (Å²) in [5.41, 5.74) is -0.134. The minimum absolute atomic E-state index is 0.0153. The molecular formula is C9H11ClN4O2S. The van der Waals surface area contributed by atoms with Crippen LogP contribution in [0.3, 0.4) is 0 Å². The molecule has 2 heterocycles. The fourth-order valence-electron chi connectivity index (χ4n) is 1.64. The lowest BCUT2D eigenvalue weighted by atomic mass is 10.2. The van der Waals surface area contributed by atoms with E-state index in [1.807, 2.05) is 11.8 Å². The highest BCUT2D eigenvalue weighted by molar-refractivity contribution is 7.99. The number of nitrogens with one attached hydrogen (secondary N) is 1. The lowest BCUT2D eigenvalue weighted by Gasteiger charge is -2.22. The van der Waals surface area contributed by atoms with Gasteiger partial charge < -0.3 is 5.32 Å². The third-order valence-electron chi connectivity index (χ3n) is 2.44. The summed E-state index contributed by atoms with van der Waals surface area (Å²) < 4.78 is 0. The Balaban J connectivity index is 2.17. The number of aromatic nitrogens is 2. The zero-order valence-electron chi connectivity index (χ0n) is 8.93. The van der Waals surface area contributed by atoms with Crippen LogP contribution in [-0.2, 0) is 0 Å². The second kappa shape index (κ2) is 5.50. The van der Waals surface area contributed by atoms with Crippen LogP contribution in [0.1, 0.15) is 12.8 Å². The van der Waals surface area contributed by atoms with E-state index in [1.165, 1.54) is 0 Å². The van der Waals surface area contributed by atoms with Gasteiger partial charge >= 0.3 is 5.69 Å². The quantitative estimate of drug-likeness (QED) is 0.518. The molecule has 1 aliphatic heterocycles. The molecule has 1 saturated heterocycles. The Morgan fingerprint density at radius 1 is 1.65 bits per heavy atom. The van der Waals surface area contributed by atoms with E-state index in [9.17, 15) is 10.1 Å². The molecule has 0 amide bonds. The van der Waals surface area contributed by atoms with Gasteiger partial charge in [-0.2, -0.15) is 16.7 Å². The largest absolute Gasteiger partial charge is 0.361 e. The highest BCUT2D eigenvalue weighted by atomic mass is 35.5. The van der Waals surface area contributed by atoms with Gasteiger partial charge in [-0.3, -0.25) is 10.1 Å². The van der Waals surface area contributed by atoms with Crippen molar-refractivity contribution in [1.82, 2.24) is 9.97 Å². The van der Waals surface area contributed by atoms with E-state index < -0.39 is 4.92 Å². The van der Waals surface area contributed by atoms with Crippen LogP contribution in [-0.4, -0.2) is 32.4 Å². The predicted molar refractivity (Wildman–Crippen MR) is 67.7 cm³/mol. The van der Waals surface area contributed by atoms with Crippen LogP contribution < -0.4 is 5.32 Å². The van der Waals surface area contributed by atoms with Crippen molar-refractivity contribution >= 4 is 34.9 Å². The van der Waals surface area contributed by atoms with Crippen molar-refractivity contribution in [3.63, 3.8) is 0 Å². The summed E-state index contributed by atoms with van der Waals surface area (Å²) in [4.78, 5) is 17.8. The van der Waals surface area contributed by atoms with Crippen molar-refractivity contribution in [2.24, 2.45) is 0 Å². The van der Waals surface area contributed by atoms with Crippen molar-refractivity contribution in [1.29, 1.82) is 0 Å². The van der Waals surface area contributed by atoms with E-state index in [-0.39, 0.29) is 22.8 Å². The average Bonchev–Trinajstić information content (AvgIpc) is 2.30. The topological polar surface area (TPSA) is 81.0 Å². The Bertz CT molecular complexity index is 425. The zero-order chi connectivity index (χ0) is 12.3. The summed E-state index contributed by atoms with van der Waals surface area (Å²) in [6, 6.07) is 0.207. The van der Waals surface area contributed by atoms with Crippen LogP contribution in [0.4, 0.5) is 11.5 Å². The molecule has 1 fully saturated rings. The molecule has 1 aromatic rings. The number of hydrogen-bond donors (Lipinski definition) is 1. The number of halogens is 1. The second-order valence-electron chi connectivity index (χ2n) is 3.69. The second-order valence-corrected chi connectivity index (χ2v) is 5.18. The van der Waals surface area contributed by atoms with Gasteiger partial charge in [0.2, 0.25) is 11.1 Å². The van der Waals surface area contributed by atoms with E-state index in [2.05, 4.69) is 15.3 Å². The fraction of sp³-hybridized carbons (Fsp3) is 0.556. The normalized spacial score (nSPS) is 19.9. The number of rotatable bonds is 3. The monoisotopic (exact) mass is 274 g/mol. The molecular weight excluding hydrogens is 264 g/mol. The minimum Gasteiger partial charge on any atom is -0.361 e. The Morgan fingerprint density at radius 2 is 2.47 bits per heavy atom. The van der Waals surface area contributed by atoms with Gasteiger partial charge in [0, 0.05) is 11.8 Å². The predicted octanol–water partition coefficient (Wildman–Crippen LogP) is 2.35. The summed E-state index contributed by atoms with van der Waals surface area (Å²) in [6.45, 7) is 0. The maximum absolute atomic E-state index is 10.8. The minimum atomic E-state index is -0.505. The zero-order valence-corrected chi connectivity index (χ0v) is 10.5. The van der Waals surface area contributed by atoms with Crippen LogP contribution >= 0.6 is 23.4 Å². The highest BCUT2D eigenvalue weighted by Gasteiger charge is 2.21. The molecule has 0 aliphatic carbocycles. The average molecular weight is 275 g/mol. The fourth-order valence-corrected chi connectivity index (χ4v) is 2.85. The molecule has 92 valence electrons. The number of thioether (sulfide) groups is 1. The van der Waals surface area contributed by atoms with Gasteiger partial charge in [0.1, 0.15) is 6.20 Å². The number of nitrogens with zero attached hydrogens (tertiary/aromatic N) is 3. The highest BCUT2D eigenvalue weighted by Crippen LogP contribution is 2.26. The van der Waals surface area contributed by atoms with E-state index in [1.54, 1.807) is 0 Å². The van der Waals surface area contributed by atoms with Crippen molar-refractivity contribution in [2.45, 2.75) is 18.9 Å². The molecule has 8 heteroatoms. The van der Waals surface area contributed by atoms with E-state index >= 15 is 0 Å². The third kappa shape index (κ3) is 3.19. The van der Waals surface area contributed by atoms with Gasteiger partial charge in [-0.25, -0.2) is 4.98 Å². The van der Waals surface area contributed by atoms with Gasteiger partial charge in [0.15, 0.2) is 0 Å². The van der Waals surface area contributed by atoms with Gasteiger partial charge in [-0.15, -0.1) is 0 Å². The van der Waals surface area contributed by atoms with E-state index in [0.717, 1.165) is 30.5 Å². The molecule has 0 saturated carbocycles. The van der Waals surface area contributed by atoms with E-state index in [4.69, 9.17) is 11.6 Å². The first-order valence-corrected chi connectivity index (χ1v) is 6.71. The van der Waals surface area contributed by atoms with Crippen molar-refractivity contribution in [3.8, 4) is 0 Å². The van der Waals surface area contributed by atoms with Gasteiger partial charge in [0.25, 0.3) is 0 Å². The summed E-state index contributed by atoms with van der Waals surface area (Å²) in [6.07, 6.45) is 3.23. The molecule has 17 heavy (non-hydrogen) atoms. The van der Waals surface area contributed by atoms with E-state index in [0.29, 0.717) is 0 Å². The molecule has 6 nitrogen and oxygen atoms in total. The van der Waals surface area contributed by atoms with Crippen LogP contribution in [0.15, 0.2) is 6.20 Å². The first-order valence-electron chi connectivity index (χ1n) is 5.18. The van der Waals surface area contributed by atoms with Crippen LogP contribution in [0.5, 0.6) is 0 Å². The first kappa shape index (κ1) is 12.4. The number of nitro groups is 1. The SMILES string of the molecule is O=[N+]([O-])c1cnc(Cl)nc1NC1CCCSC1. The van der Waals surface area contributed by atoms with Crippen molar-refractivity contribution in [3.05, 3.63) is 21.6 Å². The molecule has 1 N–H and O–H groups in total. The van der Waals surface area contributed by atoms with Crippen LogP contribution in [0.25, 0.3) is 0 Å². The first-order chi connectivity index (χ1) is 8.16. The van der Waals surface area contributed by atoms with Gasteiger partial charge in [0.05, 0.1) is 4.92 Å². The third-order valence-corrected chi connectivity index (χ3v) is 3.84. The Labute approximate surface area is 107 Å². The Kier molecular flexibility index (Phi) is 4.01. The molecule has 1 aliphatic rings. The molecule has 0 bridgehead atoms. The van der Waals surface area contributed by atoms with Crippen LogP contribution in [0.2, 0.25) is 5.28 Å². The number of anilines is 1. The van der Waals surface area contributed by atoms with Gasteiger partial charge in [-0.1, -0.05) is 0 Å². The lowest BCUT2D eigenvalue weighted by molar-refractivity contribution is -0.384. The maximum Gasteiger partial charge on any atom is 0.329 e. The molecule has 0 radical (unpaired) electrons. The standard InChI is InChI=1S/C9H11ClN4O2S/c10-9-11-4-7(14(15)16)8(13-9)12-6-2-1-3-17-5-6/h4,6H,1-3,5H2,(H,11,12,13). The molecule has 2 rings (SSSR count). The molecule has 0 spiro atoms. The smallest absolute Gasteiger partial charge is 0.329 e.